The molecule has 0 bridgehead atoms. The molecular formula is C30H25N5O8S2. The molecule has 0 radical (unpaired) electrons. The van der Waals surface area contributed by atoms with Gasteiger partial charge < -0.3 is 25.3 Å². The lowest BCUT2D eigenvalue weighted by molar-refractivity contribution is -0.153. The van der Waals surface area contributed by atoms with Gasteiger partial charge in [0.1, 0.15) is 22.8 Å². The number of carbonyl (C=O) groups excluding carboxylic acids is 4. The Kier molecular flexibility index (Phi) is 9.70. The number of oxime groups is 1. The molecule has 1 saturated heterocycles. The lowest BCUT2D eigenvalue weighted by atomic mass is 10.0. The number of allylic oxidation sites excluding steroid dienone is 1. The Morgan fingerprint density at radius 1 is 1.13 bits per heavy atom. The minimum atomic E-state index is -1.28. The minimum Gasteiger partial charge on any atom is -0.477 e. The van der Waals surface area contributed by atoms with Gasteiger partial charge in [-0.25, -0.2) is 14.6 Å². The smallest absolute Gasteiger partial charge is 0.352 e. The molecule has 3 heterocycles. The normalized spacial score (nSPS) is 17.6. The minimum absolute atomic E-state index is 0.00153. The summed E-state index contributed by atoms with van der Waals surface area (Å²) in [4.78, 5) is 72.4. The molecule has 2 atom stereocenters. The van der Waals surface area contributed by atoms with Crippen molar-refractivity contribution in [3.63, 3.8) is 0 Å². The van der Waals surface area contributed by atoms with Gasteiger partial charge in [-0.2, -0.15) is 0 Å². The number of β-lactam (4-membered cyclic amide) rings is 1. The van der Waals surface area contributed by atoms with E-state index in [2.05, 4.69) is 27.4 Å². The van der Waals surface area contributed by atoms with Crippen molar-refractivity contribution < 1.29 is 38.7 Å². The van der Waals surface area contributed by atoms with Crippen molar-refractivity contribution in [1.82, 2.24) is 15.2 Å². The number of amides is 3. The van der Waals surface area contributed by atoms with E-state index in [1.54, 1.807) is 0 Å². The summed E-state index contributed by atoms with van der Waals surface area (Å²) in [7, 11) is 0. The van der Waals surface area contributed by atoms with Gasteiger partial charge in [0.25, 0.3) is 11.8 Å². The van der Waals surface area contributed by atoms with Gasteiger partial charge in [0.05, 0.1) is 0 Å². The number of nitrogens with zero attached hydrogens (tertiary/aromatic N) is 3. The predicted molar refractivity (Wildman–Crippen MR) is 165 cm³/mol. The molecule has 1 fully saturated rings. The summed E-state index contributed by atoms with van der Waals surface area (Å²) in [6.45, 7) is 2.95. The number of hydrogen-bond acceptors (Lipinski definition) is 11. The molecule has 2 aromatic carbocycles. The zero-order chi connectivity index (χ0) is 31.9. The first-order valence-electron chi connectivity index (χ1n) is 13.3. The number of anilines is 1. The van der Waals surface area contributed by atoms with Crippen molar-refractivity contribution in [2.45, 2.75) is 17.5 Å². The molecular weight excluding hydrogens is 622 g/mol. The van der Waals surface area contributed by atoms with Gasteiger partial charge in [-0.15, -0.1) is 23.1 Å². The number of aliphatic carboxylic acids is 1. The summed E-state index contributed by atoms with van der Waals surface area (Å²) < 4.78 is 5.71. The molecule has 3 aromatic rings. The summed E-state index contributed by atoms with van der Waals surface area (Å²) in [5.41, 5.74) is 1.30. The highest BCUT2D eigenvalue weighted by Gasteiger charge is 2.54. The first-order valence-corrected chi connectivity index (χ1v) is 15.2. The number of thioether (sulfide) groups is 1. The Bertz CT molecular complexity index is 1650. The molecule has 0 spiro atoms. The average Bonchev–Trinajstić information content (AvgIpc) is 3.52. The van der Waals surface area contributed by atoms with E-state index in [0.717, 1.165) is 27.4 Å². The fourth-order valence-electron chi connectivity index (χ4n) is 4.61. The highest BCUT2D eigenvalue weighted by molar-refractivity contribution is 8.00. The molecule has 0 saturated carbocycles. The summed E-state index contributed by atoms with van der Waals surface area (Å²) in [6, 6.07) is 17.2. The maximum Gasteiger partial charge on any atom is 0.352 e. The van der Waals surface area contributed by atoms with Crippen LogP contribution in [0.1, 0.15) is 22.9 Å². The van der Waals surface area contributed by atoms with Crippen LogP contribution in [0.3, 0.4) is 0 Å². The number of rotatable bonds is 13. The fraction of sp³-hybridized carbons (Fsp3) is 0.167. The molecule has 3 N–H and O–H groups in total. The quantitative estimate of drug-likeness (QED) is 0.0822. The summed E-state index contributed by atoms with van der Waals surface area (Å²) >= 11 is 2.27. The summed E-state index contributed by atoms with van der Waals surface area (Å²) in [5, 5.41) is 19.4. The topological polar surface area (TPSA) is 177 Å². The highest BCUT2D eigenvalue weighted by atomic mass is 32.2. The van der Waals surface area contributed by atoms with Crippen LogP contribution in [0.5, 0.6) is 0 Å². The van der Waals surface area contributed by atoms with Crippen LogP contribution in [0.25, 0.3) is 0 Å². The molecule has 0 aliphatic carbocycles. The van der Waals surface area contributed by atoms with Gasteiger partial charge in [-0.1, -0.05) is 78.5 Å². The molecule has 1 unspecified atom stereocenters. The third-order valence-corrected chi connectivity index (χ3v) is 8.75. The third-order valence-electron chi connectivity index (χ3n) is 6.67. The molecule has 2 aliphatic rings. The van der Waals surface area contributed by atoms with Gasteiger partial charge >= 0.3 is 11.9 Å². The molecule has 1 aromatic heterocycles. The first-order chi connectivity index (χ1) is 21.8. The molecule has 45 heavy (non-hydrogen) atoms. The number of carboxylic acids is 1. The number of carbonyl (C=O) groups is 5. The number of fused-ring (bicyclic) bond motifs is 1. The number of aromatic nitrogens is 1. The standard InChI is InChI=1S/C30H25N5O8S2/c1-2-17-14-44-28-23(27(39)35(28)24(17)29(40)41)33-26(38)22(20-15-45-30(32-20)31-16-36)34-42-13-21(37)43-25(18-9-5-3-6-10-18)19-11-7-4-8-12-19/h2-12,15-16,23,25,28H,1,13-14H2,(H,33,38)(H,40,41)(H,31,32,36)/t23?,28-/m0/s1. The zero-order valence-electron chi connectivity index (χ0n) is 23.3. The van der Waals surface area contributed by atoms with Crippen molar-refractivity contribution >= 4 is 64.1 Å². The highest BCUT2D eigenvalue weighted by Crippen LogP contribution is 2.40. The fourth-order valence-corrected chi connectivity index (χ4v) is 6.61. The van der Waals surface area contributed by atoms with Crippen LogP contribution in [-0.4, -0.2) is 74.6 Å². The van der Waals surface area contributed by atoms with Crippen LogP contribution in [0, 0.1) is 0 Å². The number of esters is 1. The molecule has 230 valence electrons. The van der Waals surface area contributed by atoms with Crippen molar-refractivity contribution in [3.8, 4) is 0 Å². The van der Waals surface area contributed by atoms with E-state index in [1.807, 2.05) is 60.7 Å². The Labute approximate surface area is 264 Å². The lowest BCUT2D eigenvalue weighted by Gasteiger charge is -2.49. The van der Waals surface area contributed by atoms with E-state index in [4.69, 9.17) is 9.57 Å². The average molecular weight is 648 g/mol. The van der Waals surface area contributed by atoms with Crippen molar-refractivity contribution in [2.75, 3.05) is 17.7 Å². The van der Waals surface area contributed by atoms with Crippen molar-refractivity contribution in [3.05, 3.63) is 107 Å². The summed E-state index contributed by atoms with van der Waals surface area (Å²) in [6.07, 6.45) is 1.07. The largest absolute Gasteiger partial charge is 0.477 e. The number of ether oxygens (including phenoxy) is 1. The van der Waals surface area contributed by atoms with E-state index in [9.17, 15) is 29.1 Å². The number of nitrogens with one attached hydrogen (secondary N) is 2. The maximum atomic E-state index is 13.4. The Hall–Kier alpha value is -5.28. The van der Waals surface area contributed by atoms with Gasteiger partial charge in [-0.05, 0) is 16.7 Å². The monoisotopic (exact) mass is 647 g/mol. The second kappa shape index (κ2) is 14.0. The van der Waals surface area contributed by atoms with Crippen LogP contribution in [-0.2, 0) is 33.5 Å². The SMILES string of the molecule is C=CC1=C(C(=O)O)N2C(=O)C(NC(=O)C(=NOCC(=O)OC(c3ccccc3)c3ccccc3)c3csc(NC=O)n3)[C@@H]2SC1. The first kappa shape index (κ1) is 31.2. The van der Waals surface area contributed by atoms with E-state index >= 15 is 0 Å². The summed E-state index contributed by atoms with van der Waals surface area (Å²) in [5.74, 6) is -3.28. The van der Waals surface area contributed by atoms with E-state index < -0.39 is 47.9 Å². The van der Waals surface area contributed by atoms with E-state index in [1.165, 1.54) is 23.2 Å². The molecule has 2 aliphatic heterocycles. The van der Waals surface area contributed by atoms with Crippen LogP contribution in [0.4, 0.5) is 5.13 Å². The van der Waals surface area contributed by atoms with E-state index in [0.29, 0.717) is 12.0 Å². The second-order valence-corrected chi connectivity index (χ2v) is 11.4. The lowest BCUT2D eigenvalue weighted by Crippen LogP contribution is -2.71. The number of carboxylic acid groups (broad SMARTS) is 1. The number of thiazole rings is 1. The van der Waals surface area contributed by atoms with Gasteiger partial charge in [-0.3, -0.25) is 19.3 Å². The van der Waals surface area contributed by atoms with E-state index in [-0.39, 0.29) is 28.0 Å². The number of hydrogen-bond donors (Lipinski definition) is 3. The second-order valence-electron chi connectivity index (χ2n) is 9.45. The van der Waals surface area contributed by atoms with Crippen LogP contribution < -0.4 is 10.6 Å². The van der Waals surface area contributed by atoms with Gasteiger partial charge in [0.2, 0.25) is 13.0 Å². The van der Waals surface area contributed by atoms with Crippen LogP contribution >= 0.6 is 23.1 Å². The Morgan fingerprint density at radius 2 is 1.80 bits per heavy atom. The maximum absolute atomic E-state index is 13.4. The third kappa shape index (κ3) is 6.78. The van der Waals surface area contributed by atoms with Crippen LogP contribution in [0.15, 0.2) is 95.1 Å². The molecule has 15 heteroatoms. The molecule has 3 amide bonds. The van der Waals surface area contributed by atoms with Crippen molar-refractivity contribution in [1.29, 1.82) is 0 Å². The zero-order valence-corrected chi connectivity index (χ0v) is 25.0. The molecule has 5 rings (SSSR count). The van der Waals surface area contributed by atoms with Gasteiger partial charge in [0, 0.05) is 11.1 Å². The number of benzene rings is 2. The van der Waals surface area contributed by atoms with Gasteiger partial charge in [0.15, 0.2) is 16.9 Å². The van der Waals surface area contributed by atoms with Crippen molar-refractivity contribution in [2.24, 2.45) is 5.16 Å². The predicted octanol–water partition coefficient (Wildman–Crippen LogP) is 2.69. The van der Waals surface area contributed by atoms with Crippen LogP contribution in [0.2, 0.25) is 0 Å². The Balaban J connectivity index is 1.31. The Morgan fingerprint density at radius 3 is 2.40 bits per heavy atom. The molecule has 13 nitrogen and oxygen atoms in total.